The number of aliphatic hydroxyl groups excluding tert-OH is 1. The minimum absolute atomic E-state index is 0.222. The van der Waals surface area contributed by atoms with E-state index in [9.17, 15) is 9.90 Å². The molecular formula is C17H26N4O2. The van der Waals surface area contributed by atoms with Crippen molar-refractivity contribution in [3.8, 4) is 0 Å². The van der Waals surface area contributed by atoms with Gasteiger partial charge in [-0.3, -0.25) is 4.79 Å². The lowest BCUT2D eigenvalue weighted by Crippen LogP contribution is -2.49. The van der Waals surface area contributed by atoms with Gasteiger partial charge in [-0.25, -0.2) is 4.98 Å². The molecule has 1 aromatic heterocycles. The van der Waals surface area contributed by atoms with Gasteiger partial charge in [0.2, 0.25) is 5.91 Å². The summed E-state index contributed by atoms with van der Waals surface area (Å²) in [5.74, 6) is 1.22. The molecule has 0 aromatic carbocycles. The zero-order valence-electron chi connectivity index (χ0n) is 13.6. The van der Waals surface area contributed by atoms with Gasteiger partial charge >= 0.3 is 0 Å². The molecule has 1 unspecified atom stereocenters. The van der Waals surface area contributed by atoms with E-state index in [1.165, 1.54) is 0 Å². The van der Waals surface area contributed by atoms with Crippen LogP contribution in [0.25, 0.3) is 0 Å². The monoisotopic (exact) mass is 318 g/mol. The van der Waals surface area contributed by atoms with E-state index in [2.05, 4.69) is 14.8 Å². The molecule has 2 fully saturated rings. The summed E-state index contributed by atoms with van der Waals surface area (Å²) in [7, 11) is 0. The first-order valence-electron chi connectivity index (χ1n) is 8.56. The van der Waals surface area contributed by atoms with Crippen molar-refractivity contribution in [2.45, 2.75) is 25.4 Å². The minimum Gasteiger partial charge on any atom is -0.392 e. The number of piperazine rings is 1. The van der Waals surface area contributed by atoms with Crippen molar-refractivity contribution in [2.75, 3.05) is 50.7 Å². The Morgan fingerprint density at radius 1 is 1.22 bits per heavy atom. The quantitative estimate of drug-likeness (QED) is 0.880. The summed E-state index contributed by atoms with van der Waals surface area (Å²) in [6.45, 7) is 5.67. The molecule has 3 heterocycles. The summed E-state index contributed by atoms with van der Waals surface area (Å²) in [6, 6.07) is 5.92. The Bertz CT molecular complexity index is 503. The highest BCUT2D eigenvalue weighted by Gasteiger charge is 2.23. The summed E-state index contributed by atoms with van der Waals surface area (Å²) < 4.78 is 0. The molecule has 6 heteroatoms. The lowest BCUT2D eigenvalue weighted by molar-refractivity contribution is -0.132. The fourth-order valence-electron chi connectivity index (χ4n) is 3.37. The fraction of sp³-hybridized carbons (Fsp3) is 0.647. The summed E-state index contributed by atoms with van der Waals surface area (Å²) >= 11 is 0. The van der Waals surface area contributed by atoms with Crippen LogP contribution in [0.1, 0.15) is 19.3 Å². The van der Waals surface area contributed by atoms with Crippen LogP contribution in [0.2, 0.25) is 0 Å². The highest BCUT2D eigenvalue weighted by molar-refractivity contribution is 5.76. The molecule has 0 saturated carbocycles. The van der Waals surface area contributed by atoms with Gasteiger partial charge in [0.15, 0.2) is 0 Å². The number of piperidine rings is 1. The van der Waals surface area contributed by atoms with Gasteiger partial charge in [-0.2, -0.15) is 0 Å². The summed E-state index contributed by atoms with van der Waals surface area (Å²) in [4.78, 5) is 23.1. The number of amides is 1. The van der Waals surface area contributed by atoms with Gasteiger partial charge in [0.1, 0.15) is 5.82 Å². The van der Waals surface area contributed by atoms with Crippen LogP contribution in [-0.2, 0) is 4.79 Å². The first-order chi connectivity index (χ1) is 11.2. The number of aromatic nitrogens is 1. The van der Waals surface area contributed by atoms with E-state index in [-0.39, 0.29) is 12.0 Å². The van der Waals surface area contributed by atoms with Crippen LogP contribution in [0.3, 0.4) is 0 Å². The van der Waals surface area contributed by atoms with Gasteiger partial charge in [0.25, 0.3) is 0 Å². The maximum absolute atomic E-state index is 12.4. The van der Waals surface area contributed by atoms with Crippen molar-refractivity contribution in [3.05, 3.63) is 24.4 Å². The molecule has 2 aliphatic rings. The maximum Gasteiger partial charge on any atom is 0.223 e. The van der Waals surface area contributed by atoms with Crippen LogP contribution in [0, 0.1) is 0 Å². The van der Waals surface area contributed by atoms with Gasteiger partial charge < -0.3 is 19.8 Å². The first-order valence-corrected chi connectivity index (χ1v) is 8.56. The molecule has 0 aliphatic carbocycles. The number of anilines is 1. The third kappa shape index (κ3) is 4.42. The number of β-amino-alcohol motifs (C(OH)–C–C–N with tert-alkyl or cyclic N) is 1. The molecule has 1 N–H and O–H groups in total. The minimum atomic E-state index is -0.222. The summed E-state index contributed by atoms with van der Waals surface area (Å²) in [5, 5.41) is 9.68. The third-order valence-electron chi connectivity index (χ3n) is 4.73. The average molecular weight is 318 g/mol. The van der Waals surface area contributed by atoms with Gasteiger partial charge in [0, 0.05) is 51.9 Å². The van der Waals surface area contributed by atoms with Crippen LogP contribution in [0.5, 0.6) is 0 Å². The smallest absolute Gasteiger partial charge is 0.223 e. The van der Waals surface area contributed by atoms with Crippen molar-refractivity contribution in [1.82, 2.24) is 14.8 Å². The Morgan fingerprint density at radius 2 is 2.04 bits per heavy atom. The molecule has 1 amide bonds. The first kappa shape index (κ1) is 16.2. The lowest BCUT2D eigenvalue weighted by Gasteiger charge is -2.36. The van der Waals surface area contributed by atoms with Crippen molar-refractivity contribution >= 4 is 11.7 Å². The predicted molar refractivity (Wildman–Crippen MR) is 89.3 cm³/mol. The van der Waals surface area contributed by atoms with Gasteiger partial charge in [0.05, 0.1) is 6.10 Å². The number of carbonyl (C=O) groups excluding carboxylic acids is 1. The van der Waals surface area contributed by atoms with E-state index >= 15 is 0 Å². The van der Waals surface area contributed by atoms with E-state index in [1.807, 2.05) is 23.1 Å². The summed E-state index contributed by atoms with van der Waals surface area (Å²) in [6.07, 6.45) is 4.05. The Balaban J connectivity index is 1.41. The highest BCUT2D eigenvalue weighted by Crippen LogP contribution is 2.14. The SMILES string of the molecule is O=C(CCN1CCCC(O)C1)N1CCN(c2ccccn2)CC1. The standard InChI is InChI=1S/C17H26N4O2/c22-15-4-3-8-19(14-15)9-6-17(23)21-12-10-20(11-13-21)16-5-1-2-7-18-16/h1-2,5,7,15,22H,3-4,6,8-14H2. The van der Waals surface area contributed by atoms with Crippen LogP contribution in [0.15, 0.2) is 24.4 Å². The van der Waals surface area contributed by atoms with E-state index in [0.717, 1.165) is 57.9 Å². The molecule has 1 atom stereocenters. The van der Waals surface area contributed by atoms with Gasteiger partial charge in [-0.05, 0) is 31.5 Å². The number of aliphatic hydroxyl groups is 1. The number of carbonyl (C=O) groups is 1. The second-order valence-corrected chi connectivity index (χ2v) is 6.40. The van der Waals surface area contributed by atoms with E-state index in [0.29, 0.717) is 13.0 Å². The number of pyridine rings is 1. The Hall–Kier alpha value is -1.66. The molecule has 1 aromatic rings. The number of rotatable bonds is 4. The second kappa shape index (κ2) is 7.75. The van der Waals surface area contributed by atoms with Gasteiger partial charge in [-0.15, -0.1) is 0 Å². The number of likely N-dealkylation sites (tertiary alicyclic amines) is 1. The molecule has 23 heavy (non-hydrogen) atoms. The Kier molecular flexibility index (Phi) is 5.46. The van der Waals surface area contributed by atoms with Crippen molar-refractivity contribution in [1.29, 1.82) is 0 Å². The van der Waals surface area contributed by atoms with E-state index < -0.39 is 0 Å². The van der Waals surface area contributed by atoms with E-state index in [1.54, 1.807) is 6.20 Å². The summed E-state index contributed by atoms with van der Waals surface area (Å²) in [5.41, 5.74) is 0. The molecule has 2 aliphatic heterocycles. The zero-order chi connectivity index (χ0) is 16.1. The average Bonchev–Trinajstić information content (AvgIpc) is 2.61. The number of hydrogen-bond acceptors (Lipinski definition) is 5. The zero-order valence-corrected chi connectivity index (χ0v) is 13.6. The van der Waals surface area contributed by atoms with Gasteiger partial charge in [-0.1, -0.05) is 6.07 Å². The Labute approximate surface area is 137 Å². The lowest BCUT2D eigenvalue weighted by atomic mass is 10.1. The molecule has 0 bridgehead atoms. The van der Waals surface area contributed by atoms with Crippen LogP contribution in [0.4, 0.5) is 5.82 Å². The Morgan fingerprint density at radius 3 is 2.74 bits per heavy atom. The molecule has 6 nitrogen and oxygen atoms in total. The topological polar surface area (TPSA) is 59.9 Å². The van der Waals surface area contributed by atoms with Crippen molar-refractivity contribution in [2.24, 2.45) is 0 Å². The molecule has 3 rings (SSSR count). The molecule has 0 radical (unpaired) electrons. The third-order valence-corrected chi connectivity index (χ3v) is 4.73. The molecule has 0 spiro atoms. The number of hydrogen-bond donors (Lipinski definition) is 1. The maximum atomic E-state index is 12.4. The van der Waals surface area contributed by atoms with Crippen LogP contribution < -0.4 is 4.90 Å². The molecular weight excluding hydrogens is 292 g/mol. The van der Waals surface area contributed by atoms with Crippen LogP contribution in [-0.4, -0.2) is 77.7 Å². The second-order valence-electron chi connectivity index (χ2n) is 6.40. The predicted octanol–water partition coefficient (Wildman–Crippen LogP) is 0.577. The largest absolute Gasteiger partial charge is 0.392 e. The normalized spacial score (nSPS) is 23.1. The highest BCUT2D eigenvalue weighted by atomic mass is 16.3. The number of nitrogens with zero attached hydrogens (tertiary/aromatic N) is 4. The molecule has 126 valence electrons. The van der Waals surface area contributed by atoms with E-state index in [4.69, 9.17) is 0 Å². The van der Waals surface area contributed by atoms with Crippen molar-refractivity contribution < 1.29 is 9.90 Å². The van der Waals surface area contributed by atoms with Crippen LogP contribution >= 0.6 is 0 Å². The van der Waals surface area contributed by atoms with Crippen molar-refractivity contribution in [3.63, 3.8) is 0 Å². The molecule has 2 saturated heterocycles. The fourth-order valence-corrected chi connectivity index (χ4v) is 3.37.